The van der Waals surface area contributed by atoms with E-state index < -0.39 is 17.9 Å². The van der Waals surface area contributed by atoms with Crippen molar-refractivity contribution in [2.75, 3.05) is 0 Å². The lowest BCUT2D eigenvalue weighted by atomic mass is 10.1. The molecule has 2 aromatic heterocycles. The van der Waals surface area contributed by atoms with Gasteiger partial charge in [0.05, 0.1) is 12.6 Å². The first-order valence-corrected chi connectivity index (χ1v) is 6.11. The Kier molecular flexibility index (Phi) is 4.26. The molecule has 0 aliphatic heterocycles. The van der Waals surface area contributed by atoms with Crippen molar-refractivity contribution < 1.29 is 14.7 Å². The third-order valence-corrected chi connectivity index (χ3v) is 2.81. The molecular weight excluding hydrogens is 262 g/mol. The molecule has 8 heteroatoms. The number of carboxylic acid groups (broad SMARTS) is 1. The maximum absolute atomic E-state index is 11.7. The molecule has 0 saturated carbocycles. The van der Waals surface area contributed by atoms with E-state index in [-0.39, 0.29) is 19.4 Å². The number of aliphatic carboxylic acids is 1. The van der Waals surface area contributed by atoms with Crippen LogP contribution in [0, 0.1) is 0 Å². The summed E-state index contributed by atoms with van der Waals surface area (Å²) < 4.78 is 1.75. The van der Waals surface area contributed by atoms with E-state index in [4.69, 9.17) is 10.8 Å². The molecule has 106 valence electrons. The van der Waals surface area contributed by atoms with Crippen LogP contribution >= 0.6 is 0 Å². The Labute approximate surface area is 114 Å². The van der Waals surface area contributed by atoms with Crippen LogP contribution in [0.1, 0.15) is 18.7 Å². The minimum absolute atomic E-state index is 0.0990. The fraction of sp³-hybridized carbons (Fsp3) is 0.333. The van der Waals surface area contributed by atoms with Gasteiger partial charge in [-0.1, -0.05) is 6.07 Å². The van der Waals surface area contributed by atoms with Crippen LogP contribution in [0.25, 0.3) is 5.65 Å². The van der Waals surface area contributed by atoms with Crippen LogP contribution in [-0.4, -0.2) is 37.6 Å². The van der Waals surface area contributed by atoms with Crippen molar-refractivity contribution in [1.82, 2.24) is 19.9 Å². The van der Waals surface area contributed by atoms with Crippen LogP contribution in [0.4, 0.5) is 0 Å². The quantitative estimate of drug-likeness (QED) is 0.656. The van der Waals surface area contributed by atoms with Crippen LogP contribution in [0.3, 0.4) is 0 Å². The second kappa shape index (κ2) is 6.11. The van der Waals surface area contributed by atoms with E-state index in [0.29, 0.717) is 11.5 Å². The van der Waals surface area contributed by atoms with E-state index in [2.05, 4.69) is 15.5 Å². The van der Waals surface area contributed by atoms with E-state index in [9.17, 15) is 9.59 Å². The molecule has 0 spiro atoms. The van der Waals surface area contributed by atoms with Gasteiger partial charge in [0.15, 0.2) is 11.5 Å². The van der Waals surface area contributed by atoms with E-state index in [1.165, 1.54) is 0 Å². The van der Waals surface area contributed by atoms with Gasteiger partial charge < -0.3 is 16.2 Å². The van der Waals surface area contributed by atoms with Crippen molar-refractivity contribution in [3.8, 4) is 0 Å². The average molecular weight is 277 g/mol. The molecule has 0 aromatic carbocycles. The second-order valence-corrected chi connectivity index (χ2v) is 4.30. The van der Waals surface area contributed by atoms with Gasteiger partial charge in [0.25, 0.3) is 0 Å². The molecule has 0 aliphatic rings. The molecule has 0 bridgehead atoms. The lowest BCUT2D eigenvalue weighted by Crippen LogP contribution is -2.40. The fourth-order valence-electron chi connectivity index (χ4n) is 1.72. The van der Waals surface area contributed by atoms with Crippen LogP contribution in [0.5, 0.6) is 0 Å². The summed E-state index contributed by atoms with van der Waals surface area (Å²) in [4.78, 5) is 22.1. The normalized spacial score (nSPS) is 12.2. The second-order valence-electron chi connectivity index (χ2n) is 4.30. The van der Waals surface area contributed by atoms with E-state index in [1.807, 2.05) is 12.1 Å². The largest absolute Gasteiger partial charge is 0.481 e. The number of aromatic nitrogens is 3. The predicted octanol–water partition coefficient (Wildman–Crippen LogP) is -0.462. The Morgan fingerprint density at radius 3 is 2.95 bits per heavy atom. The number of carboxylic acids is 1. The lowest BCUT2D eigenvalue weighted by molar-refractivity contribution is -0.137. The van der Waals surface area contributed by atoms with Crippen molar-refractivity contribution in [2.24, 2.45) is 5.73 Å². The van der Waals surface area contributed by atoms with Crippen LogP contribution in [-0.2, 0) is 16.1 Å². The van der Waals surface area contributed by atoms with E-state index in [1.54, 1.807) is 16.7 Å². The Morgan fingerprint density at radius 2 is 2.20 bits per heavy atom. The molecule has 8 nitrogen and oxygen atoms in total. The number of nitrogens with one attached hydrogen (secondary N) is 1. The maximum Gasteiger partial charge on any atom is 0.303 e. The number of hydrogen-bond donors (Lipinski definition) is 3. The molecule has 20 heavy (non-hydrogen) atoms. The number of nitrogens with zero attached hydrogens (tertiary/aromatic N) is 3. The smallest absolute Gasteiger partial charge is 0.303 e. The van der Waals surface area contributed by atoms with Gasteiger partial charge in [0.1, 0.15) is 0 Å². The standard InChI is InChI=1S/C12H15N5O3/c13-8(4-5-11(18)19)12(20)14-7-10-16-15-9-3-1-2-6-17(9)10/h1-3,6,8H,4-5,7,13H2,(H,14,20)(H,18,19). The lowest BCUT2D eigenvalue weighted by Gasteiger charge is -2.10. The molecule has 1 atom stereocenters. The zero-order valence-corrected chi connectivity index (χ0v) is 10.7. The number of carbonyl (C=O) groups excluding carboxylic acids is 1. The molecule has 0 fully saturated rings. The van der Waals surface area contributed by atoms with Gasteiger partial charge in [-0.2, -0.15) is 0 Å². The topological polar surface area (TPSA) is 123 Å². The van der Waals surface area contributed by atoms with Crippen molar-refractivity contribution in [3.05, 3.63) is 30.2 Å². The molecule has 2 rings (SSSR count). The van der Waals surface area contributed by atoms with Crippen LogP contribution in [0.15, 0.2) is 24.4 Å². The molecule has 1 amide bonds. The maximum atomic E-state index is 11.7. The van der Waals surface area contributed by atoms with Gasteiger partial charge in [0, 0.05) is 12.6 Å². The molecule has 4 N–H and O–H groups in total. The van der Waals surface area contributed by atoms with E-state index >= 15 is 0 Å². The zero-order chi connectivity index (χ0) is 14.5. The van der Waals surface area contributed by atoms with Gasteiger partial charge in [-0.25, -0.2) is 0 Å². The number of fused-ring (bicyclic) bond motifs is 1. The first-order chi connectivity index (χ1) is 9.58. The molecule has 1 unspecified atom stereocenters. The number of carbonyl (C=O) groups is 2. The Morgan fingerprint density at radius 1 is 1.40 bits per heavy atom. The number of amides is 1. The molecule has 0 aliphatic carbocycles. The van der Waals surface area contributed by atoms with Crippen molar-refractivity contribution in [3.63, 3.8) is 0 Å². The monoisotopic (exact) mass is 277 g/mol. The number of nitrogens with two attached hydrogens (primary N) is 1. The highest BCUT2D eigenvalue weighted by Crippen LogP contribution is 2.02. The van der Waals surface area contributed by atoms with Gasteiger partial charge in [-0.15, -0.1) is 10.2 Å². The summed E-state index contributed by atoms with van der Waals surface area (Å²) in [5, 5.41) is 19.1. The van der Waals surface area contributed by atoms with Crippen LogP contribution < -0.4 is 11.1 Å². The molecule has 2 aromatic rings. The third-order valence-electron chi connectivity index (χ3n) is 2.81. The predicted molar refractivity (Wildman–Crippen MR) is 69.7 cm³/mol. The Balaban J connectivity index is 1.91. The summed E-state index contributed by atoms with van der Waals surface area (Å²) in [6, 6.07) is 4.64. The summed E-state index contributed by atoms with van der Waals surface area (Å²) in [6.45, 7) is 0.185. The summed E-state index contributed by atoms with van der Waals surface area (Å²) in [7, 11) is 0. The Hall–Kier alpha value is -2.48. The molecular formula is C12H15N5O3. The first-order valence-electron chi connectivity index (χ1n) is 6.11. The van der Waals surface area contributed by atoms with Crippen LogP contribution in [0.2, 0.25) is 0 Å². The summed E-state index contributed by atoms with van der Waals surface area (Å²) in [5.74, 6) is -0.796. The zero-order valence-electron chi connectivity index (χ0n) is 10.7. The van der Waals surface area contributed by atoms with Crippen molar-refractivity contribution in [2.45, 2.75) is 25.4 Å². The highest BCUT2D eigenvalue weighted by atomic mass is 16.4. The van der Waals surface area contributed by atoms with Gasteiger partial charge in [-0.3, -0.25) is 14.0 Å². The number of hydrogen-bond acceptors (Lipinski definition) is 5. The summed E-state index contributed by atoms with van der Waals surface area (Å²) in [5.41, 5.74) is 6.29. The highest BCUT2D eigenvalue weighted by Gasteiger charge is 2.15. The van der Waals surface area contributed by atoms with Gasteiger partial charge >= 0.3 is 5.97 Å². The molecule has 2 heterocycles. The first kappa shape index (κ1) is 13.9. The Bertz CT molecular complexity index is 624. The van der Waals surface area contributed by atoms with Gasteiger partial charge in [-0.05, 0) is 18.6 Å². The molecule has 0 saturated heterocycles. The minimum atomic E-state index is -0.975. The molecule has 0 radical (unpaired) electrons. The highest BCUT2D eigenvalue weighted by molar-refractivity contribution is 5.82. The minimum Gasteiger partial charge on any atom is -0.481 e. The van der Waals surface area contributed by atoms with Gasteiger partial charge in [0.2, 0.25) is 5.91 Å². The third kappa shape index (κ3) is 3.29. The fourth-order valence-corrected chi connectivity index (χ4v) is 1.72. The summed E-state index contributed by atoms with van der Waals surface area (Å²) >= 11 is 0. The SMILES string of the molecule is NC(CCC(=O)O)C(=O)NCc1nnc2ccccn12. The number of pyridine rings is 1. The average Bonchev–Trinajstić information content (AvgIpc) is 2.85. The summed E-state index contributed by atoms with van der Waals surface area (Å²) in [6.07, 6.45) is 1.76. The number of rotatable bonds is 6. The van der Waals surface area contributed by atoms with Crippen molar-refractivity contribution in [1.29, 1.82) is 0 Å². The van der Waals surface area contributed by atoms with Crippen molar-refractivity contribution >= 4 is 17.5 Å². The van der Waals surface area contributed by atoms with E-state index in [0.717, 1.165) is 0 Å².